The maximum absolute atomic E-state index is 13.0. The Morgan fingerprint density at radius 3 is 2.76 bits per heavy atom. The van der Waals surface area contributed by atoms with Crippen molar-refractivity contribution in [1.82, 2.24) is 19.4 Å². The van der Waals surface area contributed by atoms with E-state index < -0.39 is 11.8 Å². The highest BCUT2D eigenvalue weighted by Crippen LogP contribution is 2.34. The summed E-state index contributed by atoms with van der Waals surface area (Å²) in [7, 11) is 0. The molecule has 0 spiro atoms. The number of likely N-dealkylation sites (tertiary alicyclic amines) is 1. The second kappa shape index (κ2) is 10.2. The Kier molecular flexibility index (Phi) is 7.09. The number of nitrogens with one attached hydrogen (secondary N) is 2. The second-order valence-electron chi connectivity index (χ2n) is 7.73. The molecule has 2 aromatic heterocycles. The molecule has 1 aliphatic heterocycles. The summed E-state index contributed by atoms with van der Waals surface area (Å²) in [6.45, 7) is 8.10. The highest BCUT2D eigenvalue weighted by atomic mass is 35.5. The molecular weight excluding hydrogens is 476 g/mol. The summed E-state index contributed by atoms with van der Waals surface area (Å²) in [5.74, 6) is -0.635. The van der Waals surface area contributed by atoms with E-state index in [0.29, 0.717) is 40.0 Å². The highest BCUT2D eigenvalue weighted by Gasteiger charge is 2.27. The molecule has 0 saturated carbocycles. The third-order valence-electron chi connectivity index (χ3n) is 5.53. The van der Waals surface area contributed by atoms with Crippen LogP contribution in [0.1, 0.15) is 35.0 Å². The third-order valence-corrected chi connectivity index (χ3v) is 6.75. The first-order chi connectivity index (χ1) is 16.4. The van der Waals surface area contributed by atoms with Gasteiger partial charge in [-0.05, 0) is 43.5 Å². The number of anilines is 2. The van der Waals surface area contributed by atoms with Gasteiger partial charge in [0.1, 0.15) is 4.88 Å². The van der Waals surface area contributed by atoms with Crippen molar-refractivity contribution < 1.29 is 14.4 Å². The summed E-state index contributed by atoms with van der Waals surface area (Å²) < 4.78 is 1.91. The average molecular weight is 499 g/mol. The first-order valence-electron chi connectivity index (χ1n) is 10.7. The van der Waals surface area contributed by atoms with Gasteiger partial charge in [0.15, 0.2) is 5.13 Å². The molecule has 0 radical (unpaired) electrons. The Hall–Kier alpha value is -3.50. The van der Waals surface area contributed by atoms with E-state index in [1.165, 1.54) is 12.3 Å². The minimum Gasteiger partial charge on any atom is -0.337 e. The molecule has 1 atom stereocenters. The molecule has 4 rings (SSSR count). The number of amides is 3. The Bertz CT molecular complexity index is 1280. The lowest BCUT2D eigenvalue weighted by molar-refractivity contribution is -0.126. The van der Waals surface area contributed by atoms with E-state index in [-0.39, 0.29) is 17.1 Å². The number of aromatic nitrogens is 3. The lowest BCUT2D eigenvalue weighted by atomic mass is 10.1. The lowest BCUT2D eigenvalue weighted by Crippen LogP contribution is -2.34. The number of thiazole rings is 1. The molecule has 3 heterocycles. The molecule has 3 amide bonds. The van der Waals surface area contributed by atoms with Gasteiger partial charge in [-0.25, -0.2) is 9.97 Å². The third kappa shape index (κ3) is 4.87. The van der Waals surface area contributed by atoms with Gasteiger partial charge in [-0.3, -0.25) is 25.0 Å². The fraction of sp³-hybridized carbons (Fsp3) is 0.261. The fourth-order valence-corrected chi connectivity index (χ4v) is 4.94. The van der Waals surface area contributed by atoms with Crippen molar-refractivity contribution in [2.45, 2.75) is 25.3 Å². The van der Waals surface area contributed by atoms with E-state index in [4.69, 9.17) is 11.6 Å². The predicted octanol–water partition coefficient (Wildman–Crippen LogP) is 4.26. The number of imidazole rings is 1. The molecule has 1 aromatic carbocycles. The van der Waals surface area contributed by atoms with E-state index in [2.05, 4.69) is 33.8 Å². The second-order valence-corrected chi connectivity index (χ2v) is 9.17. The summed E-state index contributed by atoms with van der Waals surface area (Å²) in [6, 6.07) is 5.25. The van der Waals surface area contributed by atoms with Crippen molar-refractivity contribution in [3.05, 3.63) is 59.6 Å². The van der Waals surface area contributed by atoms with Crippen molar-refractivity contribution in [2.24, 2.45) is 0 Å². The largest absolute Gasteiger partial charge is 0.337 e. The van der Waals surface area contributed by atoms with Gasteiger partial charge in [0.2, 0.25) is 17.8 Å². The van der Waals surface area contributed by atoms with Crippen LogP contribution in [0.15, 0.2) is 49.7 Å². The van der Waals surface area contributed by atoms with E-state index in [0.717, 1.165) is 36.7 Å². The molecule has 3 aromatic rings. The molecular formula is C23H23ClN6O3S. The van der Waals surface area contributed by atoms with Crippen molar-refractivity contribution in [3.63, 3.8) is 0 Å². The van der Waals surface area contributed by atoms with Crippen LogP contribution in [-0.4, -0.2) is 50.2 Å². The average Bonchev–Trinajstić information content (AvgIpc) is 3.36. The zero-order valence-electron chi connectivity index (χ0n) is 18.3. The summed E-state index contributed by atoms with van der Waals surface area (Å²) in [4.78, 5) is 47.6. The number of benzene rings is 1. The van der Waals surface area contributed by atoms with Crippen LogP contribution in [0.2, 0.25) is 5.02 Å². The number of nitrogens with zero attached hydrogens (tertiary/aromatic N) is 4. The fourth-order valence-electron chi connectivity index (χ4n) is 3.97. The molecule has 9 nitrogen and oxygen atoms in total. The number of carbonyl (C=O) groups is 3. The predicted molar refractivity (Wildman–Crippen MR) is 133 cm³/mol. The maximum Gasteiger partial charge on any atom is 0.269 e. The monoisotopic (exact) mass is 498 g/mol. The van der Waals surface area contributed by atoms with Crippen molar-refractivity contribution in [3.8, 4) is 0 Å². The number of carbonyl (C=O) groups excluding carboxylic acids is 3. The molecule has 34 heavy (non-hydrogen) atoms. The van der Waals surface area contributed by atoms with Gasteiger partial charge in [-0.15, -0.1) is 0 Å². The van der Waals surface area contributed by atoms with Gasteiger partial charge in [-0.1, -0.05) is 42.2 Å². The van der Waals surface area contributed by atoms with Crippen LogP contribution >= 0.6 is 22.9 Å². The minimum absolute atomic E-state index is 0.133. The number of hydrogen-bond donors (Lipinski definition) is 2. The Morgan fingerprint density at radius 2 is 2.00 bits per heavy atom. The summed E-state index contributed by atoms with van der Waals surface area (Å²) in [6.07, 6.45) is 6.40. The van der Waals surface area contributed by atoms with Crippen LogP contribution in [0.4, 0.5) is 11.1 Å². The summed E-state index contributed by atoms with van der Waals surface area (Å²) in [5, 5.41) is 6.19. The lowest BCUT2D eigenvalue weighted by Gasteiger charge is -2.26. The van der Waals surface area contributed by atoms with Crippen LogP contribution in [0, 0.1) is 0 Å². The molecule has 1 saturated heterocycles. The molecule has 2 N–H and O–H groups in total. The molecule has 11 heteroatoms. The van der Waals surface area contributed by atoms with Crippen molar-refractivity contribution >= 4 is 62.8 Å². The first-order valence-corrected chi connectivity index (χ1v) is 11.9. The number of rotatable bonds is 6. The smallest absolute Gasteiger partial charge is 0.269 e. The van der Waals surface area contributed by atoms with Crippen LogP contribution < -0.4 is 10.6 Å². The zero-order valence-corrected chi connectivity index (χ0v) is 19.9. The number of halogens is 1. The molecule has 0 unspecified atom stereocenters. The van der Waals surface area contributed by atoms with Gasteiger partial charge >= 0.3 is 0 Å². The normalized spacial score (nSPS) is 16.0. The van der Waals surface area contributed by atoms with E-state index >= 15 is 0 Å². The van der Waals surface area contributed by atoms with Gasteiger partial charge in [-0.2, -0.15) is 0 Å². The Balaban J connectivity index is 1.69. The van der Waals surface area contributed by atoms with Crippen molar-refractivity contribution in [2.75, 3.05) is 23.7 Å². The van der Waals surface area contributed by atoms with Crippen LogP contribution in [0.5, 0.6) is 0 Å². The van der Waals surface area contributed by atoms with Gasteiger partial charge in [0, 0.05) is 13.1 Å². The van der Waals surface area contributed by atoms with E-state index in [9.17, 15) is 14.4 Å². The van der Waals surface area contributed by atoms with Gasteiger partial charge < -0.3 is 9.47 Å². The quantitative estimate of drug-likeness (QED) is 0.493. The Labute approximate surface area is 205 Å². The summed E-state index contributed by atoms with van der Waals surface area (Å²) in [5.41, 5.74) is 1.33. The number of para-hydroxylation sites is 1. The van der Waals surface area contributed by atoms with Crippen LogP contribution in [0.3, 0.4) is 0 Å². The highest BCUT2D eigenvalue weighted by molar-refractivity contribution is 7.17. The number of fused-ring (bicyclic) bond motifs is 1. The van der Waals surface area contributed by atoms with Crippen LogP contribution in [-0.2, 0) is 9.59 Å². The first kappa shape index (κ1) is 23.7. The molecule has 0 aliphatic carbocycles. The zero-order chi connectivity index (χ0) is 24.2. The molecule has 0 bridgehead atoms. The summed E-state index contributed by atoms with van der Waals surface area (Å²) >= 11 is 7.59. The van der Waals surface area contributed by atoms with Gasteiger partial charge in [0.05, 0.1) is 28.3 Å². The standard InChI is InChI=1S/C23H23ClN6O3S/c1-3-18(31)27-23-25-12-17(34-23)21(33)28-22-26-16-10-7-9-15(24)20(16)30(22)14-8-5-6-11-29(13-14)19(32)4-2/h3-4,7,9-10,12,14H,1-2,5-6,8,11,13H2,(H,25,27,31)(H,26,28,33)/t14-/m1/s1. The number of hydrogen-bond acceptors (Lipinski definition) is 6. The van der Waals surface area contributed by atoms with Crippen LogP contribution in [0.25, 0.3) is 11.0 Å². The Morgan fingerprint density at radius 1 is 1.18 bits per heavy atom. The maximum atomic E-state index is 13.0. The topological polar surface area (TPSA) is 109 Å². The van der Waals surface area contributed by atoms with Gasteiger partial charge in [0.25, 0.3) is 5.91 Å². The molecule has 176 valence electrons. The SMILES string of the molecule is C=CC(=O)Nc1ncc(C(=O)Nc2nc3cccc(Cl)c3n2[C@@H]2CCCCN(C(=O)C=C)C2)s1. The van der Waals surface area contributed by atoms with E-state index in [1.54, 1.807) is 17.0 Å². The molecule has 1 fully saturated rings. The molecule has 1 aliphatic rings. The van der Waals surface area contributed by atoms with E-state index in [1.807, 2.05) is 10.6 Å². The minimum atomic E-state index is -0.420. The van der Waals surface area contributed by atoms with Crippen molar-refractivity contribution in [1.29, 1.82) is 0 Å².